The summed E-state index contributed by atoms with van der Waals surface area (Å²) in [6.07, 6.45) is 3.34. The average molecular weight is 434 g/mol. The number of rotatable bonds is 7. The Labute approximate surface area is 184 Å². The molecule has 0 atom stereocenters. The molecule has 4 rings (SSSR count). The Bertz CT molecular complexity index is 1150. The van der Waals surface area contributed by atoms with Gasteiger partial charge in [0, 0.05) is 24.9 Å². The maximum absolute atomic E-state index is 10.1. The maximum atomic E-state index is 10.1. The molecule has 0 aliphatic carbocycles. The number of thiazole rings is 1. The van der Waals surface area contributed by atoms with E-state index < -0.39 is 5.60 Å². The van der Waals surface area contributed by atoms with E-state index in [4.69, 9.17) is 4.74 Å². The van der Waals surface area contributed by atoms with E-state index in [0.717, 1.165) is 22.1 Å². The van der Waals surface area contributed by atoms with E-state index in [9.17, 15) is 5.11 Å². The first-order valence-corrected chi connectivity index (χ1v) is 10.6. The monoisotopic (exact) mass is 433 g/mol. The number of anilines is 3. The predicted octanol–water partition coefficient (Wildman–Crippen LogP) is 5.41. The minimum Gasteiger partial charge on any atom is -0.444 e. The van der Waals surface area contributed by atoms with Crippen LogP contribution < -0.4 is 15.4 Å². The number of nitrogens with zero attached hydrogens (tertiary/aromatic N) is 3. The average Bonchev–Trinajstić information content (AvgIpc) is 3.17. The molecule has 0 spiro atoms. The van der Waals surface area contributed by atoms with Gasteiger partial charge in [-0.15, -0.1) is 0 Å². The second-order valence-electron chi connectivity index (χ2n) is 7.37. The number of benzene rings is 1. The van der Waals surface area contributed by atoms with Crippen LogP contribution >= 0.6 is 11.3 Å². The van der Waals surface area contributed by atoms with Gasteiger partial charge in [-0.2, -0.15) is 0 Å². The molecule has 3 N–H and O–H groups in total. The van der Waals surface area contributed by atoms with Crippen LogP contribution in [0.3, 0.4) is 0 Å². The standard InChI is InChI=1S/C23H23N5O2S/c1-23(2,29)18-10-9-16(14-26-18)27-19-13-17(11-12-25-19)30-21-20(28-22(24-3)31-21)15-7-5-4-6-8-15/h4-14,29H,1-3H3,(H,24,28)(H,25,27). The maximum Gasteiger partial charge on any atom is 0.210 e. The Hall–Kier alpha value is -3.49. The summed E-state index contributed by atoms with van der Waals surface area (Å²) in [6.45, 7) is 3.40. The minimum atomic E-state index is -0.984. The van der Waals surface area contributed by atoms with E-state index in [-0.39, 0.29) is 0 Å². The first-order valence-electron chi connectivity index (χ1n) is 9.76. The third-order valence-electron chi connectivity index (χ3n) is 4.46. The zero-order chi connectivity index (χ0) is 21.8. The number of aliphatic hydroxyl groups is 1. The van der Waals surface area contributed by atoms with Gasteiger partial charge in [0.2, 0.25) is 5.06 Å². The third-order valence-corrected chi connectivity index (χ3v) is 5.41. The molecular formula is C23H23N5O2S. The SMILES string of the molecule is CNc1nc(-c2ccccc2)c(Oc2ccnc(Nc3ccc(C(C)(C)O)nc3)c2)s1. The molecule has 0 aliphatic heterocycles. The number of nitrogens with one attached hydrogen (secondary N) is 2. The Morgan fingerprint density at radius 2 is 1.84 bits per heavy atom. The van der Waals surface area contributed by atoms with Crippen LogP contribution in [0.2, 0.25) is 0 Å². The van der Waals surface area contributed by atoms with Crippen LogP contribution in [0.5, 0.6) is 10.8 Å². The molecule has 0 radical (unpaired) electrons. The van der Waals surface area contributed by atoms with E-state index in [0.29, 0.717) is 22.3 Å². The molecule has 4 aromatic rings. The molecule has 0 fully saturated rings. The van der Waals surface area contributed by atoms with Crippen LogP contribution in [-0.4, -0.2) is 27.1 Å². The van der Waals surface area contributed by atoms with Crippen molar-refractivity contribution in [1.82, 2.24) is 15.0 Å². The lowest BCUT2D eigenvalue weighted by molar-refractivity contribution is 0.0739. The van der Waals surface area contributed by atoms with Gasteiger partial charge >= 0.3 is 0 Å². The van der Waals surface area contributed by atoms with Gasteiger partial charge in [0.15, 0.2) is 5.13 Å². The molecule has 158 valence electrons. The van der Waals surface area contributed by atoms with Crippen molar-refractivity contribution < 1.29 is 9.84 Å². The van der Waals surface area contributed by atoms with E-state index in [1.807, 2.05) is 49.5 Å². The summed E-state index contributed by atoms with van der Waals surface area (Å²) >= 11 is 1.44. The second kappa shape index (κ2) is 8.71. The van der Waals surface area contributed by atoms with Crippen molar-refractivity contribution in [1.29, 1.82) is 0 Å². The molecule has 0 saturated heterocycles. The predicted molar refractivity (Wildman–Crippen MR) is 124 cm³/mol. The van der Waals surface area contributed by atoms with Gasteiger partial charge < -0.3 is 20.5 Å². The summed E-state index contributed by atoms with van der Waals surface area (Å²) in [6, 6.07) is 17.2. The molecule has 8 heteroatoms. The van der Waals surface area contributed by atoms with Crippen LogP contribution in [0.4, 0.5) is 16.6 Å². The summed E-state index contributed by atoms with van der Waals surface area (Å²) in [5, 5.41) is 17.8. The fraction of sp³-hybridized carbons (Fsp3) is 0.174. The van der Waals surface area contributed by atoms with Gasteiger partial charge in [0.1, 0.15) is 22.9 Å². The van der Waals surface area contributed by atoms with Crippen molar-refractivity contribution in [3.63, 3.8) is 0 Å². The highest BCUT2D eigenvalue weighted by Crippen LogP contribution is 2.40. The molecule has 0 saturated carbocycles. The molecule has 3 aromatic heterocycles. The third kappa shape index (κ3) is 4.99. The van der Waals surface area contributed by atoms with Crippen molar-refractivity contribution in [3.8, 4) is 22.1 Å². The van der Waals surface area contributed by atoms with E-state index in [1.165, 1.54) is 11.3 Å². The number of aromatic nitrogens is 3. The molecular weight excluding hydrogens is 410 g/mol. The van der Waals surface area contributed by atoms with E-state index >= 15 is 0 Å². The molecule has 31 heavy (non-hydrogen) atoms. The molecule has 0 aliphatic rings. The Morgan fingerprint density at radius 3 is 2.52 bits per heavy atom. The van der Waals surface area contributed by atoms with Crippen molar-refractivity contribution in [3.05, 3.63) is 72.7 Å². The topological polar surface area (TPSA) is 92.2 Å². The van der Waals surface area contributed by atoms with Crippen LogP contribution in [0.15, 0.2) is 67.0 Å². The van der Waals surface area contributed by atoms with Crippen molar-refractivity contribution in [2.45, 2.75) is 19.4 Å². The van der Waals surface area contributed by atoms with Crippen molar-refractivity contribution in [2.75, 3.05) is 17.7 Å². The van der Waals surface area contributed by atoms with Gasteiger partial charge in [0.05, 0.1) is 17.6 Å². The number of pyridine rings is 2. The van der Waals surface area contributed by atoms with Crippen molar-refractivity contribution in [2.24, 2.45) is 0 Å². The van der Waals surface area contributed by atoms with Crippen LogP contribution in [0, 0.1) is 0 Å². The lowest BCUT2D eigenvalue weighted by atomic mass is 10.1. The second-order valence-corrected chi connectivity index (χ2v) is 8.33. The summed E-state index contributed by atoms with van der Waals surface area (Å²) < 4.78 is 6.18. The van der Waals surface area contributed by atoms with E-state index in [2.05, 4.69) is 25.6 Å². The summed E-state index contributed by atoms with van der Waals surface area (Å²) in [5.41, 5.74) is 2.15. The molecule has 7 nitrogen and oxygen atoms in total. The smallest absolute Gasteiger partial charge is 0.210 e. The Kier molecular flexibility index (Phi) is 5.83. The number of hydrogen-bond acceptors (Lipinski definition) is 8. The quantitative estimate of drug-likeness (QED) is 0.359. The minimum absolute atomic E-state index is 0.599. The molecule has 1 aromatic carbocycles. The molecule has 0 bridgehead atoms. The lowest BCUT2D eigenvalue weighted by Gasteiger charge is -2.16. The Morgan fingerprint density at radius 1 is 1.03 bits per heavy atom. The first kappa shape index (κ1) is 20.8. The molecule has 3 heterocycles. The Balaban J connectivity index is 1.55. The first-order chi connectivity index (χ1) is 14.9. The van der Waals surface area contributed by atoms with Crippen LogP contribution in [-0.2, 0) is 5.60 Å². The molecule has 0 unspecified atom stereocenters. The van der Waals surface area contributed by atoms with Crippen LogP contribution in [0.1, 0.15) is 19.5 Å². The number of ether oxygens (including phenoxy) is 1. The van der Waals surface area contributed by atoms with E-state index in [1.54, 1.807) is 38.4 Å². The number of hydrogen-bond donors (Lipinski definition) is 3. The fourth-order valence-corrected chi connectivity index (χ4v) is 3.70. The summed E-state index contributed by atoms with van der Waals surface area (Å²) in [7, 11) is 1.84. The highest BCUT2D eigenvalue weighted by Gasteiger charge is 2.17. The largest absolute Gasteiger partial charge is 0.444 e. The van der Waals surface area contributed by atoms with Gasteiger partial charge in [-0.05, 0) is 32.0 Å². The zero-order valence-electron chi connectivity index (χ0n) is 17.5. The van der Waals surface area contributed by atoms with Gasteiger partial charge in [-0.1, -0.05) is 41.7 Å². The fourth-order valence-electron chi connectivity index (χ4n) is 2.89. The van der Waals surface area contributed by atoms with Gasteiger partial charge in [0.25, 0.3) is 0 Å². The van der Waals surface area contributed by atoms with Gasteiger partial charge in [-0.25, -0.2) is 9.97 Å². The summed E-state index contributed by atoms with van der Waals surface area (Å²) in [4.78, 5) is 13.3. The molecule has 0 amide bonds. The highest BCUT2D eigenvalue weighted by molar-refractivity contribution is 7.17. The van der Waals surface area contributed by atoms with Crippen molar-refractivity contribution >= 4 is 28.0 Å². The zero-order valence-corrected chi connectivity index (χ0v) is 18.3. The highest BCUT2D eigenvalue weighted by atomic mass is 32.1. The lowest BCUT2D eigenvalue weighted by Crippen LogP contribution is -2.17. The summed E-state index contributed by atoms with van der Waals surface area (Å²) in [5.74, 6) is 1.26. The normalized spacial score (nSPS) is 11.2. The van der Waals surface area contributed by atoms with Gasteiger partial charge in [-0.3, -0.25) is 4.98 Å². The van der Waals surface area contributed by atoms with Crippen LogP contribution in [0.25, 0.3) is 11.3 Å².